The van der Waals surface area contributed by atoms with Crippen LogP contribution < -0.4 is 4.90 Å². The minimum Gasteiger partial charge on any atom is -0.274 e. The zero-order valence-corrected chi connectivity index (χ0v) is 9.63. The molecule has 0 spiro atoms. The number of anilines is 1. The van der Waals surface area contributed by atoms with Crippen molar-refractivity contribution in [1.82, 2.24) is 0 Å². The third-order valence-electron chi connectivity index (χ3n) is 3.46. The monoisotopic (exact) mass is 247 g/mol. The number of hydrogen-bond acceptors (Lipinski definition) is 4. The van der Waals surface area contributed by atoms with Crippen LogP contribution in [0.1, 0.15) is 6.92 Å². The van der Waals surface area contributed by atoms with Crippen LogP contribution in [0.25, 0.3) is 0 Å². The predicted molar refractivity (Wildman–Crippen MR) is 60.5 cm³/mol. The fourth-order valence-electron chi connectivity index (χ4n) is 2.34. The van der Waals surface area contributed by atoms with Crippen LogP contribution in [0.4, 0.5) is 10.1 Å². The van der Waals surface area contributed by atoms with Crippen molar-refractivity contribution < 1.29 is 14.0 Å². The highest BCUT2D eigenvalue weighted by Gasteiger charge is 2.59. The lowest BCUT2D eigenvalue weighted by Gasteiger charge is -2.16. The van der Waals surface area contributed by atoms with Gasteiger partial charge in [-0.1, -0.05) is 0 Å². The molecule has 92 valence electrons. The summed E-state index contributed by atoms with van der Waals surface area (Å²) < 4.78 is 12.9. The Morgan fingerprint density at radius 2 is 2.00 bits per heavy atom. The van der Waals surface area contributed by atoms with Crippen LogP contribution in [-0.2, 0) is 9.59 Å². The molecule has 2 aliphatic rings. The first-order chi connectivity index (χ1) is 8.54. The molecule has 1 aromatic rings. The van der Waals surface area contributed by atoms with E-state index in [-0.39, 0.29) is 12.5 Å². The minimum atomic E-state index is -1.09. The van der Waals surface area contributed by atoms with Gasteiger partial charge >= 0.3 is 0 Å². The SMILES string of the molecule is C[C@@]12N=NC[C@@H]1C(=O)N(c1ccc(F)cc1)C2=O. The molecule has 0 unspecified atom stereocenters. The zero-order valence-electron chi connectivity index (χ0n) is 9.63. The summed E-state index contributed by atoms with van der Waals surface area (Å²) >= 11 is 0. The van der Waals surface area contributed by atoms with Gasteiger partial charge in [-0.3, -0.25) is 9.59 Å². The summed E-state index contributed by atoms with van der Waals surface area (Å²) in [6, 6.07) is 5.25. The van der Waals surface area contributed by atoms with E-state index in [2.05, 4.69) is 10.2 Å². The maximum atomic E-state index is 12.9. The van der Waals surface area contributed by atoms with E-state index in [0.29, 0.717) is 5.69 Å². The highest BCUT2D eigenvalue weighted by molar-refractivity contribution is 6.25. The Morgan fingerprint density at radius 3 is 2.61 bits per heavy atom. The number of fused-ring (bicyclic) bond motifs is 1. The average Bonchev–Trinajstić information content (AvgIpc) is 2.81. The fourth-order valence-corrected chi connectivity index (χ4v) is 2.34. The van der Waals surface area contributed by atoms with Crippen molar-refractivity contribution in [3.8, 4) is 0 Å². The van der Waals surface area contributed by atoms with Crippen LogP contribution in [-0.4, -0.2) is 23.9 Å². The fraction of sp³-hybridized carbons (Fsp3) is 0.333. The summed E-state index contributed by atoms with van der Waals surface area (Å²) in [5, 5.41) is 7.67. The number of rotatable bonds is 1. The van der Waals surface area contributed by atoms with Crippen molar-refractivity contribution in [2.45, 2.75) is 12.5 Å². The number of amides is 2. The third kappa shape index (κ3) is 1.25. The molecule has 2 amide bonds. The second kappa shape index (κ2) is 3.44. The van der Waals surface area contributed by atoms with Gasteiger partial charge in [0.15, 0.2) is 5.54 Å². The Labute approximate surface area is 102 Å². The van der Waals surface area contributed by atoms with Crippen molar-refractivity contribution in [3.05, 3.63) is 30.1 Å². The van der Waals surface area contributed by atoms with Crippen molar-refractivity contribution in [1.29, 1.82) is 0 Å². The lowest BCUT2D eigenvalue weighted by molar-refractivity contribution is -0.122. The van der Waals surface area contributed by atoms with E-state index in [0.717, 1.165) is 4.90 Å². The highest BCUT2D eigenvalue weighted by atomic mass is 19.1. The molecule has 3 rings (SSSR count). The molecular formula is C12H10FN3O2. The molecule has 2 atom stereocenters. The van der Waals surface area contributed by atoms with Gasteiger partial charge < -0.3 is 0 Å². The van der Waals surface area contributed by atoms with E-state index < -0.39 is 23.2 Å². The van der Waals surface area contributed by atoms with Gasteiger partial charge in [0.2, 0.25) is 5.91 Å². The lowest BCUT2D eigenvalue weighted by atomic mass is 9.90. The summed E-state index contributed by atoms with van der Waals surface area (Å²) in [5.41, 5.74) is -0.719. The molecule has 0 radical (unpaired) electrons. The van der Waals surface area contributed by atoms with Gasteiger partial charge in [0.05, 0.1) is 18.2 Å². The standard InChI is InChI=1S/C12H10FN3O2/c1-12-9(6-14-15-12)10(17)16(11(12)18)8-4-2-7(13)3-5-8/h2-5,9H,6H2,1H3/t9-,12-/m1/s1. The van der Waals surface area contributed by atoms with E-state index >= 15 is 0 Å². The summed E-state index contributed by atoms with van der Waals surface area (Å²) in [4.78, 5) is 25.5. The van der Waals surface area contributed by atoms with Gasteiger partial charge in [0.1, 0.15) is 5.82 Å². The summed E-state index contributed by atoms with van der Waals surface area (Å²) in [7, 11) is 0. The quantitative estimate of drug-likeness (QED) is 0.706. The smallest absolute Gasteiger partial charge is 0.264 e. The summed E-state index contributed by atoms with van der Waals surface area (Å²) in [5.74, 6) is -1.66. The van der Waals surface area contributed by atoms with Gasteiger partial charge in [-0.05, 0) is 31.2 Å². The number of benzene rings is 1. The molecule has 0 aromatic heterocycles. The normalized spacial score (nSPS) is 30.1. The number of carbonyl (C=O) groups excluding carboxylic acids is 2. The molecule has 2 aliphatic heterocycles. The minimum absolute atomic E-state index is 0.235. The number of azo groups is 1. The van der Waals surface area contributed by atoms with Crippen LogP contribution in [0.15, 0.2) is 34.5 Å². The number of hydrogen-bond donors (Lipinski definition) is 0. The summed E-state index contributed by atoms with van der Waals surface area (Å²) in [6.45, 7) is 1.84. The van der Waals surface area contributed by atoms with Crippen LogP contribution in [0.3, 0.4) is 0 Å². The largest absolute Gasteiger partial charge is 0.274 e. The van der Waals surface area contributed by atoms with Crippen LogP contribution >= 0.6 is 0 Å². The van der Waals surface area contributed by atoms with Crippen molar-refractivity contribution in [3.63, 3.8) is 0 Å². The molecule has 2 heterocycles. The molecule has 1 saturated heterocycles. The van der Waals surface area contributed by atoms with Crippen molar-refractivity contribution in [2.75, 3.05) is 11.4 Å². The third-order valence-corrected chi connectivity index (χ3v) is 3.46. The Morgan fingerprint density at radius 1 is 1.33 bits per heavy atom. The topological polar surface area (TPSA) is 62.1 Å². The van der Waals surface area contributed by atoms with Crippen LogP contribution in [0.2, 0.25) is 0 Å². The second-order valence-electron chi connectivity index (χ2n) is 4.58. The van der Waals surface area contributed by atoms with E-state index in [9.17, 15) is 14.0 Å². The number of carbonyl (C=O) groups is 2. The molecule has 5 nitrogen and oxygen atoms in total. The Bertz CT molecular complexity index is 569. The van der Waals surface area contributed by atoms with E-state index in [4.69, 9.17) is 0 Å². The zero-order chi connectivity index (χ0) is 12.9. The molecule has 0 N–H and O–H groups in total. The van der Waals surface area contributed by atoms with Gasteiger partial charge in [-0.25, -0.2) is 9.29 Å². The van der Waals surface area contributed by atoms with Gasteiger partial charge in [0, 0.05) is 0 Å². The molecule has 18 heavy (non-hydrogen) atoms. The van der Waals surface area contributed by atoms with Crippen LogP contribution in [0.5, 0.6) is 0 Å². The first kappa shape index (κ1) is 11.0. The Hall–Kier alpha value is -2.11. The van der Waals surface area contributed by atoms with E-state index in [1.54, 1.807) is 6.92 Å². The Balaban J connectivity index is 2.04. The van der Waals surface area contributed by atoms with Crippen molar-refractivity contribution >= 4 is 17.5 Å². The highest BCUT2D eigenvalue weighted by Crippen LogP contribution is 2.40. The average molecular weight is 247 g/mol. The first-order valence-corrected chi connectivity index (χ1v) is 5.56. The maximum absolute atomic E-state index is 12.9. The Kier molecular flexibility index (Phi) is 2.10. The molecular weight excluding hydrogens is 237 g/mol. The van der Waals surface area contributed by atoms with Gasteiger partial charge in [-0.2, -0.15) is 10.2 Å². The molecule has 0 bridgehead atoms. The molecule has 1 aromatic carbocycles. The van der Waals surface area contributed by atoms with Crippen molar-refractivity contribution in [2.24, 2.45) is 16.1 Å². The van der Waals surface area contributed by atoms with Gasteiger partial charge in [-0.15, -0.1) is 0 Å². The van der Waals surface area contributed by atoms with E-state index in [1.807, 2.05) is 0 Å². The predicted octanol–water partition coefficient (Wildman–Crippen LogP) is 1.54. The second-order valence-corrected chi connectivity index (χ2v) is 4.58. The molecule has 1 fully saturated rings. The molecule has 0 saturated carbocycles. The number of halogens is 1. The number of imide groups is 1. The van der Waals surface area contributed by atoms with Gasteiger partial charge in [0.25, 0.3) is 5.91 Å². The van der Waals surface area contributed by atoms with Crippen LogP contribution in [0, 0.1) is 11.7 Å². The first-order valence-electron chi connectivity index (χ1n) is 5.56. The maximum Gasteiger partial charge on any atom is 0.264 e. The number of nitrogens with zero attached hydrogens (tertiary/aromatic N) is 3. The molecule has 6 heteroatoms. The molecule has 0 aliphatic carbocycles. The van der Waals surface area contributed by atoms with E-state index in [1.165, 1.54) is 24.3 Å². The summed E-state index contributed by atoms with van der Waals surface area (Å²) in [6.07, 6.45) is 0. The lowest BCUT2D eigenvalue weighted by Crippen LogP contribution is -2.37.